The van der Waals surface area contributed by atoms with Gasteiger partial charge in [-0.2, -0.15) is 0 Å². The Morgan fingerprint density at radius 1 is 1.09 bits per heavy atom. The van der Waals surface area contributed by atoms with Gasteiger partial charge in [-0.1, -0.05) is 18.2 Å². The van der Waals surface area contributed by atoms with E-state index in [2.05, 4.69) is 20.5 Å². The molecule has 3 aromatic rings. The summed E-state index contributed by atoms with van der Waals surface area (Å²) in [5.41, 5.74) is 3.20. The molecule has 0 amide bonds. The van der Waals surface area contributed by atoms with Gasteiger partial charge in [0.2, 0.25) is 0 Å². The fourth-order valence-electron chi connectivity index (χ4n) is 2.36. The first kappa shape index (κ1) is 15.0. The van der Waals surface area contributed by atoms with Crippen molar-refractivity contribution in [1.29, 1.82) is 0 Å². The number of rotatable bonds is 4. The number of phenols is 1. The third kappa shape index (κ3) is 3.29. The number of para-hydroxylation sites is 1. The van der Waals surface area contributed by atoms with Gasteiger partial charge in [-0.3, -0.25) is 0 Å². The van der Waals surface area contributed by atoms with Crippen LogP contribution in [0.1, 0.15) is 12.5 Å². The molecule has 0 saturated carbocycles. The molecule has 2 N–H and O–H groups in total. The van der Waals surface area contributed by atoms with Gasteiger partial charge in [0.25, 0.3) is 0 Å². The van der Waals surface area contributed by atoms with Crippen molar-refractivity contribution in [3.8, 4) is 5.75 Å². The zero-order chi connectivity index (χ0) is 16.2. The summed E-state index contributed by atoms with van der Waals surface area (Å²) in [7, 11) is 0. The van der Waals surface area contributed by atoms with Gasteiger partial charge in [0.15, 0.2) is 5.82 Å². The van der Waals surface area contributed by atoms with Gasteiger partial charge in [-0.25, -0.2) is 4.98 Å². The van der Waals surface area contributed by atoms with Crippen molar-refractivity contribution in [2.45, 2.75) is 13.8 Å². The van der Waals surface area contributed by atoms with Crippen LogP contribution in [0.2, 0.25) is 0 Å². The second-order valence-electron chi connectivity index (χ2n) is 5.25. The molecular formula is C18H18N4O. The predicted octanol–water partition coefficient (Wildman–Crippen LogP) is 5.10. The molecule has 0 unspecified atom stereocenters. The zero-order valence-corrected chi connectivity index (χ0v) is 13.1. The third-order valence-corrected chi connectivity index (χ3v) is 3.53. The quantitative estimate of drug-likeness (QED) is 0.659. The number of aryl methyl sites for hydroxylation is 1. The minimum absolute atomic E-state index is 0.0936. The average molecular weight is 306 g/mol. The molecule has 1 aromatic heterocycles. The summed E-state index contributed by atoms with van der Waals surface area (Å²) >= 11 is 0. The summed E-state index contributed by atoms with van der Waals surface area (Å²) in [5, 5.41) is 22.6. The molecule has 0 fully saturated rings. The van der Waals surface area contributed by atoms with Crippen LogP contribution in [0, 0.1) is 6.92 Å². The maximum Gasteiger partial charge on any atom is 0.174 e. The molecule has 3 rings (SSSR count). The van der Waals surface area contributed by atoms with E-state index in [-0.39, 0.29) is 5.75 Å². The topological polar surface area (TPSA) is 69.9 Å². The Labute approximate surface area is 134 Å². The van der Waals surface area contributed by atoms with E-state index in [1.54, 1.807) is 12.1 Å². The minimum Gasteiger partial charge on any atom is -0.506 e. The summed E-state index contributed by atoms with van der Waals surface area (Å²) in [5.74, 6) is 0.604. The van der Waals surface area contributed by atoms with Crippen LogP contribution in [0.15, 0.2) is 58.8 Å². The van der Waals surface area contributed by atoms with Gasteiger partial charge in [0.05, 0.1) is 5.52 Å². The Bertz CT molecular complexity index is 874. The fourth-order valence-corrected chi connectivity index (χ4v) is 2.36. The molecule has 5 nitrogen and oxygen atoms in total. The highest BCUT2D eigenvalue weighted by Crippen LogP contribution is 2.33. The molecule has 0 aliphatic rings. The summed E-state index contributed by atoms with van der Waals surface area (Å²) in [6, 6.07) is 15.1. The lowest BCUT2D eigenvalue weighted by Crippen LogP contribution is -1.98. The molecular weight excluding hydrogens is 288 g/mol. The molecule has 0 radical (unpaired) electrons. The lowest BCUT2D eigenvalue weighted by atomic mass is 10.1. The van der Waals surface area contributed by atoms with E-state index in [1.165, 1.54) is 0 Å². The summed E-state index contributed by atoms with van der Waals surface area (Å²) < 4.78 is 0. The molecule has 23 heavy (non-hydrogen) atoms. The zero-order valence-electron chi connectivity index (χ0n) is 13.1. The van der Waals surface area contributed by atoms with Crippen molar-refractivity contribution < 1.29 is 5.11 Å². The lowest BCUT2D eigenvalue weighted by molar-refractivity contribution is 0.476. The molecule has 5 heteroatoms. The number of hydrogen-bond acceptors (Lipinski definition) is 5. The van der Waals surface area contributed by atoms with Crippen LogP contribution >= 0.6 is 0 Å². The van der Waals surface area contributed by atoms with Gasteiger partial charge in [-0.15, -0.1) is 10.2 Å². The number of pyridine rings is 1. The largest absolute Gasteiger partial charge is 0.506 e. The Morgan fingerprint density at radius 3 is 2.74 bits per heavy atom. The molecule has 0 spiro atoms. The van der Waals surface area contributed by atoms with Crippen LogP contribution < -0.4 is 5.32 Å². The van der Waals surface area contributed by atoms with Crippen molar-refractivity contribution in [2.75, 3.05) is 11.9 Å². The highest BCUT2D eigenvalue weighted by atomic mass is 16.3. The van der Waals surface area contributed by atoms with E-state index < -0.39 is 0 Å². The number of hydrogen-bond donors (Lipinski definition) is 2. The van der Waals surface area contributed by atoms with Crippen molar-refractivity contribution >= 4 is 28.1 Å². The van der Waals surface area contributed by atoms with Crippen LogP contribution in [-0.2, 0) is 0 Å². The van der Waals surface area contributed by atoms with Gasteiger partial charge >= 0.3 is 0 Å². The van der Waals surface area contributed by atoms with Gasteiger partial charge in [0, 0.05) is 23.7 Å². The summed E-state index contributed by atoms with van der Waals surface area (Å²) in [6.45, 7) is 4.77. The number of anilines is 1. The van der Waals surface area contributed by atoms with Gasteiger partial charge in [0.1, 0.15) is 11.4 Å². The van der Waals surface area contributed by atoms with Crippen molar-refractivity contribution in [1.82, 2.24) is 4.98 Å². The number of nitrogens with zero attached hydrogens (tertiary/aromatic N) is 3. The Morgan fingerprint density at radius 2 is 1.91 bits per heavy atom. The number of nitrogens with one attached hydrogen (secondary N) is 1. The average Bonchev–Trinajstić information content (AvgIpc) is 2.56. The number of azo groups is 1. The first-order valence-electron chi connectivity index (χ1n) is 7.52. The number of phenolic OH excluding ortho intramolecular Hbond substituents is 1. The highest BCUT2D eigenvalue weighted by molar-refractivity contribution is 5.79. The van der Waals surface area contributed by atoms with Crippen molar-refractivity contribution in [3.05, 3.63) is 54.1 Å². The maximum absolute atomic E-state index is 10.1. The molecule has 0 saturated heterocycles. The molecule has 0 aliphatic heterocycles. The Hall–Kier alpha value is -2.95. The normalized spacial score (nSPS) is 11.2. The molecule has 0 atom stereocenters. The van der Waals surface area contributed by atoms with E-state index in [0.29, 0.717) is 11.5 Å². The van der Waals surface area contributed by atoms with Crippen molar-refractivity contribution in [3.63, 3.8) is 0 Å². The van der Waals surface area contributed by atoms with Crippen LogP contribution in [0.5, 0.6) is 5.75 Å². The molecule has 116 valence electrons. The number of fused-ring (bicyclic) bond motifs is 1. The first-order chi connectivity index (χ1) is 11.2. The summed E-state index contributed by atoms with van der Waals surface area (Å²) in [4.78, 5) is 4.43. The van der Waals surface area contributed by atoms with Crippen LogP contribution in [0.25, 0.3) is 10.9 Å². The van der Waals surface area contributed by atoms with Crippen LogP contribution in [0.4, 0.5) is 17.2 Å². The van der Waals surface area contributed by atoms with Gasteiger partial charge in [-0.05, 0) is 43.7 Å². The van der Waals surface area contributed by atoms with Crippen molar-refractivity contribution in [2.24, 2.45) is 10.2 Å². The SMILES string of the molecule is CCNc1cc(O)c(N=Nc2ccc3ccccc3n2)cc1C. The maximum atomic E-state index is 10.1. The predicted molar refractivity (Wildman–Crippen MR) is 92.9 cm³/mol. The van der Waals surface area contributed by atoms with E-state index in [1.807, 2.05) is 50.2 Å². The van der Waals surface area contributed by atoms with E-state index >= 15 is 0 Å². The number of aromatic nitrogens is 1. The second-order valence-corrected chi connectivity index (χ2v) is 5.25. The number of benzene rings is 2. The van der Waals surface area contributed by atoms with E-state index in [4.69, 9.17) is 0 Å². The minimum atomic E-state index is 0.0936. The van der Waals surface area contributed by atoms with Gasteiger partial charge < -0.3 is 10.4 Å². The Kier molecular flexibility index (Phi) is 4.19. The lowest BCUT2D eigenvalue weighted by Gasteiger charge is -2.09. The number of aromatic hydroxyl groups is 1. The molecule has 2 aromatic carbocycles. The van der Waals surface area contributed by atoms with E-state index in [9.17, 15) is 5.11 Å². The fraction of sp³-hybridized carbons (Fsp3) is 0.167. The highest BCUT2D eigenvalue weighted by Gasteiger charge is 2.06. The monoisotopic (exact) mass is 306 g/mol. The third-order valence-electron chi connectivity index (χ3n) is 3.53. The Balaban J connectivity index is 1.90. The standard InChI is InChI=1S/C18H18N4O/c1-3-19-15-11-17(23)16(10-12(15)2)21-22-18-9-8-13-6-4-5-7-14(13)20-18/h4-11,19,23H,3H2,1-2H3. The smallest absolute Gasteiger partial charge is 0.174 e. The molecule has 0 bridgehead atoms. The molecule has 0 aliphatic carbocycles. The second kappa shape index (κ2) is 6.44. The molecule has 1 heterocycles. The first-order valence-corrected chi connectivity index (χ1v) is 7.52. The van der Waals surface area contributed by atoms with E-state index in [0.717, 1.165) is 28.7 Å². The van der Waals surface area contributed by atoms with Crippen LogP contribution in [0.3, 0.4) is 0 Å². The summed E-state index contributed by atoms with van der Waals surface area (Å²) in [6.07, 6.45) is 0. The van der Waals surface area contributed by atoms with Crippen LogP contribution in [-0.4, -0.2) is 16.6 Å².